The van der Waals surface area contributed by atoms with Gasteiger partial charge in [0.15, 0.2) is 0 Å². The molecule has 0 bridgehead atoms. The van der Waals surface area contributed by atoms with Crippen molar-refractivity contribution in [1.82, 2.24) is 24.9 Å². The smallest absolute Gasteiger partial charge is 0.283 e. The number of nitrogens with one attached hydrogen (secondary N) is 1. The van der Waals surface area contributed by atoms with Crippen LogP contribution in [0.15, 0.2) is 6.20 Å². The Balaban J connectivity index is 2.18. The van der Waals surface area contributed by atoms with E-state index in [2.05, 4.69) is 15.5 Å². The van der Waals surface area contributed by atoms with E-state index in [9.17, 15) is 13.6 Å². The SMILES string of the molecule is Cc1nn(C)cc1[C@H](C)NC(=O)[C@H](C)n1nc(C(F)F)c(Cl)c1C. The third-order valence-corrected chi connectivity index (χ3v) is 4.40. The van der Waals surface area contributed by atoms with E-state index < -0.39 is 18.2 Å². The summed E-state index contributed by atoms with van der Waals surface area (Å²) in [4.78, 5) is 12.5. The van der Waals surface area contributed by atoms with E-state index >= 15 is 0 Å². The first-order valence-electron chi connectivity index (χ1n) is 7.46. The van der Waals surface area contributed by atoms with Crippen LogP contribution in [-0.4, -0.2) is 25.5 Å². The number of hydrogen-bond donors (Lipinski definition) is 1. The molecule has 0 saturated carbocycles. The first-order valence-corrected chi connectivity index (χ1v) is 7.84. The topological polar surface area (TPSA) is 64.7 Å². The number of carbonyl (C=O) groups excluding carboxylic acids is 1. The molecule has 1 N–H and O–H groups in total. The molecule has 0 fully saturated rings. The zero-order valence-electron chi connectivity index (χ0n) is 14.1. The molecule has 0 unspecified atom stereocenters. The summed E-state index contributed by atoms with van der Waals surface area (Å²) in [6.45, 7) is 6.83. The van der Waals surface area contributed by atoms with Crippen molar-refractivity contribution in [3.8, 4) is 0 Å². The second-order valence-electron chi connectivity index (χ2n) is 5.78. The Hall–Kier alpha value is -1.96. The zero-order chi connectivity index (χ0) is 18.2. The van der Waals surface area contributed by atoms with E-state index in [4.69, 9.17) is 11.6 Å². The number of alkyl halides is 2. The number of aryl methyl sites for hydroxylation is 2. The van der Waals surface area contributed by atoms with Gasteiger partial charge < -0.3 is 5.32 Å². The standard InChI is InChI=1S/C15H20ClF2N5O/c1-7(11-6-22(5)20-8(11)2)19-15(24)10(4)23-9(3)12(16)13(21-23)14(17)18/h6-7,10,14H,1-5H3,(H,19,24)/t7-,10-/m0/s1. The minimum absolute atomic E-state index is 0.110. The average molecular weight is 360 g/mol. The van der Waals surface area contributed by atoms with Crippen molar-refractivity contribution >= 4 is 17.5 Å². The summed E-state index contributed by atoms with van der Waals surface area (Å²) in [5.74, 6) is -0.339. The molecule has 2 atom stereocenters. The molecular weight excluding hydrogens is 340 g/mol. The van der Waals surface area contributed by atoms with E-state index in [0.717, 1.165) is 11.3 Å². The van der Waals surface area contributed by atoms with Gasteiger partial charge in [0.1, 0.15) is 11.7 Å². The highest BCUT2D eigenvalue weighted by atomic mass is 35.5. The van der Waals surface area contributed by atoms with E-state index in [1.807, 2.05) is 20.0 Å². The number of nitrogens with zero attached hydrogens (tertiary/aromatic N) is 4. The van der Waals surface area contributed by atoms with E-state index in [-0.39, 0.29) is 17.0 Å². The Kier molecular flexibility index (Phi) is 5.27. The summed E-state index contributed by atoms with van der Waals surface area (Å²) in [6.07, 6.45) is -0.958. The Labute approximate surface area is 143 Å². The normalized spacial score (nSPS) is 14.0. The van der Waals surface area contributed by atoms with Crippen LogP contribution >= 0.6 is 11.6 Å². The largest absolute Gasteiger partial charge is 0.348 e. The Morgan fingerprint density at radius 2 is 1.92 bits per heavy atom. The van der Waals surface area contributed by atoms with Gasteiger partial charge in [-0.05, 0) is 27.7 Å². The summed E-state index contributed by atoms with van der Waals surface area (Å²) in [5.41, 5.74) is 1.53. The first kappa shape index (κ1) is 18.4. The molecule has 0 aliphatic heterocycles. The second-order valence-corrected chi connectivity index (χ2v) is 6.16. The lowest BCUT2D eigenvalue weighted by Crippen LogP contribution is -2.34. The fourth-order valence-corrected chi connectivity index (χ4v) is 2.81. The van der Waals surface area contributed by atoms with E-state index in [1.54, 1.807) is 25.6 Å². The molecule has 0 aliphatic rings. The Morgan fingerprint density at radius 3 is 2.38 bits per heavy atom. The highest BCUT2D eigenvalue weighted by Crippen LogP contribution is 2.30. The van der Waals surface area contributed by atoms with Crippen molar-refractivity contribution in [3.05, 3.63) is 33.9 Å². The second kappa shape index (κ2) is 6.88. The predicted molar refractivity (Wildman–Crippen MR) is 86.1 cm³/mol. The molecule has 24 heavy (non-hydrogen) atoms. The molecule has 0 aliphatic carbocycles. The third kappa shape index (κ3) is 3.43. The number of halogens is 3. The molecular formula is C15H20ClF2N5O. The van der Waals surface area contributed by atoms with Crippen LogP contribution in [-0.2, 0) is 11.8 Å². The van der Waals surface area contributed by atoms with Crippen LogP contribution in [0.1, 0.15) is 55.0 Å². The van der Waals surface area contributed by atoms with Gasteiger partial charge in [0.05, 0.1) is 22.5 Å². The molecule has 1 amide bonds. The van der Waals surface area contributed by atoms with E-state index in [0.29, 0.717) is 5.69 Å². The minimum Gasteiger partial charge on any atom is -0.348 e. The van der Waals surface area contributed by atoms with Crippen molar-refractivity contribution in [2.75, 3.05) is 0 Å². The van der Waals surface area contributed by atoms with Crippen molar-refractivity contribution in [1.29, 1.82) is 0 Å². The van der Waals surface area contributed by atoms with Gasteiger partial charge >= 0.3 is 0 Å². The van der Waals surface area contributed by atoms with Crippen LogP contribution in [0.5, 0.6) is 0 Å². The number of rotatable bonds is 5. The third-order valence-electron chi connectivity index (χ3n) is 3.93. The Morgan fingerprint density at radius 1 is 1.29 bits per heavy atom. The first-order chi connectivity index (χ1) is 11.1. The van der Waals surface area contributed by atoms with Crippen molar-refractivity contribution < 1.29 is 13.6 Å². The van der Waals surface area contributed by atoms with Crippen LogP contribution in [0, 0.1) is 13.8 Å². The van der Waals surface area contributed by atoms with Gasteiger partial charge in [-0.15, -0.1) is 0 Å². The maximum absolute atomic E-state index is 12.9. The van der Waals surface area contributed by atoms with Gasteiger partial charge in [-0.25, -0.2) is 8.78 Å². The van der Waals surface area contributed by atoms with Crippen LogP contribution in [0.4, 0.5) is 8.78 Å². The maximum Gasteiger partial charge on any atom is 0.283 e. The molecule has 2 rings (SSSR count). The molecule has 0 radical (unpaired) electrons. The van der Waals surface area contributed by atoms with Crippen LogP contribution in [0.3, 0.4) is 0 Å². The molecule has 9 heteroatoms. The van der Waals surface area contributed by atoms with Crippen LogP contribution < -0.4 is 5.32 Å². The Bertz CT molecular complexity index is 755. The molecule has 6 nitrogen and oxygen atoms in total. The molecule has 0 spiro atoms. The van der Waals surface area contributed by atoms with Gasteiger partial charge in [0.2, 0.25) is 5.91 Å². The summed E-state index contributed by atoms with van der Waals surface area (Å²) < 4.78 is 28.7. The lowest BCUT2D eigenvalue weighted by atomic mass is 10.1. The number of carbonyl (C=O) groups is 1. The summed E-state index contributed by atoms with van der Waals surface area (Å²) >= 11 is 5.88. The fraction of sp³-hybridized carbons (Fsp3) is 0.533. The van der Waals surface area contributed by atoms with Gasteiger partial charge in [-0.1, -0.05) is 11.6 Å². The fourth-order valence-electron chi connectivity index (χ4n) is 2.60. The molecule has 0 aromatic carbocycles. The quantitative estimate of drug-likeness (QED) is 0.891. The number of amides is 1. The van der Waals surface area contributed by atoms with Gasteiger partial charge in [-0.3, -0.25) is 14.2 Å². The van der Waals surface area contributed by atoms with Crippen LogP contribution in [0.2, 0.25) is 5.02 Å². The van der Waals surface area contributed by atoms with Crippen molar-refractivity contribution in [2.45, 2.75) is 46.2 Å². The summed E-state index contributed by atoms with van der Waals surface area (Å²) in [7, 11) is 1.80. The molecule has 2 aromatic rings. The highest BCUT2D eigenvalue weighted by molar-refractivity contribution is 6.31. The lowest BCUT2D eigenvalue weighted by molar-refractivity contribution is -0.124. The predicted octanol–water partition coefficient (Wildman–Crippen LogP) is 3.26. The zero-order valence-corrected chi connectivity index (χ0v) is 14.9. The van der Waals surface area contributed by atoms with E-state index in [1.165, 1.54) is 4.68 Å². The van der Waals surface area contributed by atoms with Crippen LogP contribution in [0.25, 0.3) is 0 Å². The number of hydrogen-bond acceptors (Lipinski definition) is 3. The molecule has 2 heterocycles. The van der Waals surface area contributed by atoms with Crippen molar-refractivity contribution in [2.24, 2.45) is 7.05 Å². The molecule has 2 aromatic heterocycles. The highest BCUT2D eigenvalue weighted by Gasteiger charge is 2.26. The lowest BCUT2D eigenvalue weighted by Gasteiger charge is -2.18. The molecule has 0 saturated heterocycles. The maximum atomic E-state index is 12.9. The monoisotopic (exact) mass is 359 g/mol. The number of aromatic nitrogens is 4. The van der Waals surface area contributed by atoms with Gasteiger partial charge in [0, 0.05) is 18.8 Å². The minimum atomic E-state index is -2.79. The average Bonchev–Trinajstić information content (AvgIpc) is 2.98. The summed E-state index contributed by atoms with van der Waals surface area (Å²) in [5, 5.41) is 10.8. The van der Waals surface area contributed by atoms with Gasteiger partial charge in [-0.2, -0.15) is 10.2 Å². The van der Waals surface area contributed by atoms with Crippen molar-refractivity contribution in [3.63, 3.8) is 0 Å². The summed E-state index contributed by atoms with van der Waals surface area (Å²) in [6, 6.07) is -1.04. The molecule has 132 valence electrons. The van der Waals surface area contributed by atoms with Gasteiger partial charge in [0.25, 0.3) is 6.43 Å².